The Morgan fingerprint density at radius 3 is 2.57 bits per heavy atom. The molecule has 0 aromatic heterocycles. The number of nitrogens with one attached hydrogen (secondary N) is 1. The summed E-state index contributed by atoms with van der Waals surface area (Å²) in [6.45, 7) is 5.35. The van der Waals surface area contributed by atoms with Crippen molar-refractivity contribution in [3.8, 4) is 5.75 Å². The highest BCUT2D eigenvalue weighted by molar-refractivity contribution is 5.29. The van der Waals surface area contributed by atoms with Crippen molar-refractivity contribution in [3.05, 3.63) is 29.8 Å². The standard InChI is InChI=1S/C17H28N2O2/c1-17(21-4)10-5-11-19(13-17)12-16(18-2)14-6-8-15(20-3)9-7-14/h6-9,16,18H,5,10-13H2,1-4H3. The van der Waals surface area contributed by atoms with Crippen LogP contribution < -0.4 is 10.1 Å². The molecule has 1 aliphatic rings. The molecule has 0 bridgehead atoms. The Bertz CT molecular complexity index is 435. The first-order chi connectivity index (χ1) is 10.1. The van der Waals surface area contributed by atoms with E-state index in [1.54, 1.807) is 7.11 Å². The van der Waals surface area contributed by atoms with E-state index in [1.807, 2.05) is 26.3 Å². The minimum atomic E-state index is -0.00352. The summed E-state index contributed by atoms with van der Waals surface area (Å²) in [5.74, 6) is 0.901. The zero-order chi connectivity index (χ0) is 15.3. The van der Waals surface area contributed by atoms with Crippen LogP contribution in [0.5, 0.6) is 5.75 Å². The summed E-state index contributed by atoms with van der Waals surface area (Å²) in [5.41, 5.74) is 1.29. The Balaban J connectivity index is 2.01. The Morgan fingerprint density at radius 2 is 2.00 bits per heavy atom. The van der Waals surface area contributed by atoms with Gasteiger partial charge in [-0.15, -0.1) is 0 Å². The average Bonchev–Trinajstić information content (AvgIpc) is 2.53. The van der Waals surface area contributed by atoms with Crippen molar-refractivity contribution in [1.82, 2.24) is 10.2 Å². The van der Waals surface area contributed by atoms with E-state index >= 15 is 0 Å². The first kappa shape index (κ1) is 16.3. The summed E-state index contributed by atoms with van der Waals surface area (Å²) in [4.78, 5) is 2.50. The number of likely N-dealkylation sites (N-methyl/N-ethyl adjacent to an activating group) is 1. The molecule has 1 aliphatic heterocycles. The van der Waals surface area contributed by atoms with Gasteiger partial charge >= 0.3 is 0 Å². The fourth-order valence-electron chi connectivity index (χ4n) is 3.09. The van der Waals surface area contributed by atoms with Crippen LogP contribution in [0.1, 0.15) is 31.4 Å². The van der Waals surface area contributed by atoms with Crippen LogP contribution in [0.4, 0.5) is 0 Å². The third-order valence-electron chi connectivity index (χ3n) is 4.54. The predicted octanol–water partition coefficient (Wildman–Crippen LogP) is 2.46. The Hall–Kier alpha value is -1.10. The molecule has 0 amide bonds. The van der Waals surface area contributed by atoms with Gasteiger partial charge in [0.25, 0.3) is 0 Å². The highest BCUT2D eigenvalue weighted by Crippen LogP contribution is 2.26. The molecule has 1 heterocycles. The first-order valence-corrected chi connectivity index (χ1v) is 7.69. The number of hydrogen-bond acceptors (Lipinski definition) is 4. The van der Waals surface area contributed by atoms with Gasteiger partial charge in [-0.2, -0.15) is 0 Å². The smallest absolute Gasteiger partial charge is 0.118 e. The highest BCUT2D eigenvalue weighted by atomic mass is 16.5. The van der Waals surface area contributed by atoms with Crippen LogP contribution in [0.3, 0.4) is 0 Å². The van der Waals surface area contributed by atoms with Crippen LogP contribution in [0.15, 0.2) is 24.3 Å². The predicted molar refractivity (Wildman–Crippen MR) is 85.9 cm³/mol. The molecule has 4 heteroatoms. The van der Waals surface area contributed by atoms with Crippen LogP contribution in [-0.4, -0.2) is 51.4 Å². The summed E-state index contributed by atoms with van der Waals surface area (Å²) >= 11 is 0. The molecular weight excluding hydrogens is 264 g/mol. The molecule has 2 rings (SSSR count). The SMILES string of the molecule is CNC(CN1CCCC(C)(OC)C1)c1ccc(OC)cc1. The number of nitrogens with zero attached hydrogens (tertiary/aromatic N) is 1. The lowest BCUT2D eigenvalue weighted by atomic mass is 9.94. The monoisotopic (exact) mass is 292 g/mol. The van der Waals surface area contributed by atoms with Crippen LogP contribution in [0.25, 0.3) is 0 Å². The number of methoxy groups -OCH3 is 2. The molecule has 1 fully saturated rings. The van der Waals surface area contributed by atoms with Gasteiger partial charge in [-0.1, -0.05) is 12.1 Å². The minimum Gasteiger partial charge on any atom is -0.497 e. The number of hydrogen-bond donors (Lipinski definition) is 1. The van der Waals surface area contributed by atoms with Crippen LogP contribution in [-0.2, 0) is 4.74 Å². The molecule has 21 heavy (non-hydrogen) atoms. The van der Waals surface area contributed by atoms with Gasteiger partial charge in [0, 0.05) is 26.2 Å². The topological polar surface area (TPSA) is 33.7 Å². The Kier molecular flexibility index (Phi) is 5.62. The summed E-state index contributed by atoms with van der Waals surface area (Å²) in [6, 6.07) is 8.65. The van der Waals surface area contributed by atoms with Gasteiger partial charge in [0.2, 0.25) is 0 Å². The second-order valence-corrected chi connectivity index (χ2v) is 6.11. The number of rotatable bonds is 6. The fraction of sp³-hybridized carbons (Fsp3) is 0.647. The third kappa shape index (κ3) is 4.19. The molecule has 2 atom stereocenters. The number of likely N-dealkylation sites (tertiary alicyclic amines) is 1. The van der Waals surface area contributed by atoms with E-state index in [9.17, 15) is 0 Å². The Labute approximate surface area is 128 Å². The van der Waals surface area contributed by atoms with Crippen LogP contribution >= 0.6 is 0 Å². The maximum atomic E-state index is 5.68. The van der Waals surface area contributed by atoms with Crippen molar-refractivity contribution >= 4 is 0 Å². The van der Waals surface area contributed by atoms with E-state index in [0.717, 1.165) is 31.8 Å². The molecule has 0 saturated carbocycles. The van der Waals surface area contributed by atoms with E-state index in [-0.39, 0.29) is 5.60 Å². The molecule has 0 aliphatic carbocycles. The highest BCUT2D eigenvalue weighted by Gasteiger charge is 2.31. The van der Waals surface area contributed by atoms with Gasteiger partial charge in [-0.25, -0.2) is 0 Å². The lowest BCUT2D eigenvalue weighted by molar-refractivity contribution is -0.0522. The first-order valence-electron chi connectivity index (χ1n) is 7.69. The quantitative estimate of drug-likeness (QED) is 0.873. The van der Waals surface area contributed by atoms with Crippen molar-refractivity contribution in [2.75, 3.05) is 40.9 Å². The molecule has 4 nitrogen and oxygen atoms in total. The van der Waals surface area contributed by atoms with Crippen LogP contribution in [0, 0.1) is 0 Å². The summed E-state index contributed by atoms with van der Waals surface area (Å²) in [5, 5.41) is 3.43. The van der Waals surface area contributed by atoms with Crippen LogP contribution in [0.2, 0.25) is 0 Å². The van der Waals surface area contributed by atoms with E-state index < -0.39 is 0 Å². The summed E-state index contributed by atoms with van der Waals surface area (Å²) in [7, 11) is 5.54. The van der Waals surface area contributed by atoms with E-state index in [0.29, 0.717) is 6.04 Å². The van der Waals surface area contributed by atoms with Crippen molar-refractivity contribution < 1.29 is 9.47 Å². The zero-order valence-electron chi connectivity index (χ0n) is 13.7. The van der Waals surface area contributed by atoms with Gasteiger partial charge in [0.15, 0.2) is 0 Å². The maximum absolute atomic E-state index is 5.68. The lowest BCUT2D eigenvalue weighted by Crippen LogP contribution is -2.49. The number of piperidine rings is 1. The lowest BCUT2D eigenvalue weighted by Gasteiger charge is -2.40. The van der Waals surface area contributed by atoms with Crippen molar-refractivity contribution in [1.29, 1.82) is 0 Å². The fourth-order valence-corrected chi connectivity index (χ4v) is 3.09. The second kappa shape index (κ2) is 7.25. The third-order valence-corrected chi connectivity index (χ3v) is 4.54. The minimum absolute atomic E-state index is 0.00352. The molecular formula is C17H28N2O2. The van der Waals surface area contributed by atoms with Crippen molar-refractivity contribution in [2.24, 2.45) is 0 Å². The molecule has 1 N–H and O–H groups in total. The molecule has 1 aromatic rings. The molecule has 1 aromatic carbocycles. The van der Waals surface area contributed by atoms with Gasteiger partial charge in [-0.3, -0.25) is 4.90 Å². The van der Waals surface area contributed by atoms with E-state index in [1.165, 1.54) is 12.0 Å². The largest absolute Gasteiger partial charge is 0.497 e. The maximum Gasteiger partial charge on any atom is 0.118 e. The van der Waals surface area contributed by atoms with Gasteiger partial charge in [0.1, 0.15) is 5.75 Å². The van der Waals surface area contributed by atoms with Crippen molar-refractivity contribution in [2.45, 2.75) is 31.4 Å². The molecule has 118 valence electrons. The number of benzene rings is 1. The second-order valence-electron chi connectivity index (χ2n) is 6.11. The van der Waals surface area contributed by atoms with Crippen molar-refractivity contribution in [3.63, 3.8) is 0 Å². The van der Waals surface area contributed by atoms with Gasteiger partial charge in [-0.05, 0) is 51.1 Å². The molecule has 1 saturated heterocycles. The number of ether oxygens (including phenoxy) is 2. The van der Waals surface area contributed by atoms with Gasteiger partial charge < -0.3 is 14.8 Å². The zero-order valence-corrected chi connectivity index (χ0v) is 13.7. The molecule has 0 spiro atoms. The average molecular weight is 292 g/mol. The summed E-state index contributed by atoms with van der Waals surface area (Å²) < 4.78 is 10.9. The summed E-state index contributed by atoms with van der Waals surface area (Å²) in [6.07, 6.45) is 2.34. The molecule has 0 radical (unpaired) electrons. The Morgan fingerprint density at radius 1 is 1.29 bits per heavy atom. The van der Waals surface area contributed by atoms with E-state index in [2.05, 4.69) is 29.3 Å². The normalized spacial score (nSPS) is 24.8. The van der Waals surface area contributed by atoms with Gasteiger partial charge in [0.05, 0.1) is 12.7 Å². The molecule has 2 unspecified atom stereocenters. The van der Waals surface area contributed by atoms with E-state index in [4.69, 9.17) is 9.47 Å².